The first-order valence-corrected chi connectivity index (χ1v) is 11.2. The number of piperazine rings is 1. The van der Waals surface area contributed by atoms with Crippen LogP contribution in [0.1, 0.15) is 24.5 Å². The molecule has 7 nitrogen and oxygen atoms in total. The minimum Gasteiger partial charge on any atom is -0.484 e. The normalized spacial score (nSPS) is 15.8. The molecular weight excluding hydrogens is 400 g/mol. The third kappa shape index (κ3) is 6.27. The lowest BCUT2D eigenvalue weighted by Crippen LogP contribution is -2.56. The molecular formula is C22H30N4O3S. The molecule has 2 aromatic rings. The molecule has 0 spiro atoms. The quantitative estimate of drug-likeness (QED) is 0.696. The molecule has 1 unspecified atom stereocenters. The van der Waals surface area contributed by atoms with Crippen LogP contribution in [0.5, 0.6) is 5.75 Å². The Hall–Kier alpha value is -2.45. The van der Waals surface area contributed by atoms with Crippen LogP contribution in [0, 0.1) is 12.8 Å². The average molecular weight is 431 g/mol. The zero-order chi connectivity index (χ0) is 21.5. The smallest absolute Gasteiger partial charge is 0.258 e. The van der Waals surface area contributed by atoms with Crippen molar-refractivity contribution in [2.24, 2.45) is 5.92 Å². The van der Waals surface area contributed by atoms with Crippen LogP contribution in [0.25, 0.3) is 0 Å². The number of hydrogen-bond acceptors (Lipinski definition) is 6. The summed E-state index contributed by atoms with van der Waals surface area (Å²) in [7, 11) is 0. The van der Waals surface area contributed by atoms with E-state index in [-0.39, 0.29) is 24.3 Å². The number of hydrogen-bond donors (Lipinski definition) is 1. The summed E-state index contributed by atoms with van der Waals surface area (Å²) in [5.74, 6) is 0.311. The molecule has 0 saturated carbocycles. The number of thiazole rings is 1. The number of carbonyl (C=O) groups excluding carboxylic acids is 2. The lowest BCUT2D eigenvalue weighted by atomic mass is 10.0. The van der Waals surface area contributed by atoms with Gasteiger partial charge in [0, 0.05) is 38.1 Å². The van der Waals surface area contributed by atoms with Crippen molar-refractivity contribution < 1.29 is 14.3 Å². The predicted molar refractivity (Wildman–Crippen MR) is 117 cm³/mol. The Morgan fingerprint density at radius 2 is 1.87 bits per heavy atom. The van der Waals surface area contributed by atoms with Gasteiger partial charge in [-0.1, -0.05) is 32.0 Å². The molecule has 2 heterocycles. The number of para-hydroxylation sites is 1. The van der Waals surface area contributed by atoms with Crippen molar-refractivity contribution in [3.8, 4) is 5.75 Å². The highest BCUT2D eigenvalue weighted by molar-refractivity contribution is 7.09. The van der Waals surface area contributed by atoms with E-state index in [2.05, 4.69) is 20.6 Å². The first-order chi connectivity index (χ1) is 14.4. The van der Waals surface area contributed by atoms with Gasteiger partial charge >= 0.3 is 0 Å². The fourth-order valence-electron chi connectivity index (χ4n) is 3.43. The summed E-state index contributed by atoms with van der Waals surface area (Å²) in [5, 5.41) is 6.03. The van der Waals surface area contributed by atoms with Crippen molar-refractivity contribution in [1.29, 1.82) is 0 Å². The summed E-state index contributed by atoms with van der Waals surface area (Å²) in [5.41, 5.74) is 1.09. The number of amides is 2. The molecule has 1 aromatic carbocycles. The molecule has 30 heavy (non-hydrogen) atoms. The van der Waals surface area contributed by atoms with Crippen molar-refractivity contribution in [2.75, 3.05) is 32.8 Å². The summed E-state index contributed by atoms with van der Waals surface area (Å²) in [6.45, 7) is 9.52. The number of rotatable bonds is 8. The molecule has 1 aliphatic rings. The maximum Gasteiger partial charge on any atom is 0.258 e. The molecule has 1 saturated heterocycles. The maximum atomic E-state index is 13.1. The SMILES string of the molecule is Cc1nc(CN2CCN(C(=O)C(NC(=O)COc3ccccc3)C(C)C)CC2)cs1. The first kappa shape index (κ1) is 22.2. The van der Waals surface area contributed by atoms with E-state index in [0.29, 0.717) is 18.8 Å². The van der Waals surface area contributed by atoms with E-state index in [4.69, 9.17) is 4.74 Å². The Morgan fingerprint density at radius 3 is 2.47 bits per heavy atom. The van der Waals surface area contributed by atoms with Gasteiger partial charge in [-0.15, -0.1) is 11.3 Å². The number of benzene rings is 1. The predicted octanol–water partition coefficient (Wildman–Crippen LogP) is 2.32. The van der Waals surface area contributed by atoms with Crippen molar-refractivity contribution in [3.63, 3.8) is 0 Å². The fourth-order valence-corrected chi connectivity index (χ4v) is 4.03. The van der Waals surface area contributed by atoms with Crippen LogP contribution in [0.4, 0.5) is 0 Å². The largest absolute Gasteiger partial charge is 0.484 e. The summed E-state index contributed by atoms with van der Waals surface area (Å²) < 4.78 is 5.50. The highest BCUT2D eigenvalue weighted by Gasteiger charge is 2.30. The molecule has 2 amide bonds. The van der Waals surface area contributed by atoms with Crippen LogP contribution >= 0.6 is 11.3 Å². The van der Waals surface area contributed by atoms with E-state index in [1.807, 2.05) is 43.9 Å². The van der Waals surface area contributed by atoms with Gasteiger partial charge < -0.3 is 15.0 Å². The molecule has 1 aliphatic heterocycles. The Balaban J connectivity index is 1.48. The van der Waals surface area contributed by atoms with E-state index in [1.165, 1.54) is 0 Å². The number of aryl methyl sites for hydroxylation is 1. The summed E-state index contributed by atoms with van der Waals surface area (Å²) in [6.07, 6.45) is 0. The van der Waals surface area contributed by atoms with E-state index in [0.717, 1.165) is 30.3 Å². The molecule has 3 rings (SSSR count). The molecule has 1 aromatic heterocycles. The Labute approximate surface area is 182 Å². The minimum absolute atomic E-state index is 0.00538. The zero-order valence-corrected chi connectivity index (χ0v) is 18.7. The van der Waals surface area contributed by atoms with Gasteiger partial charge in [-0.05, 0) is 25.0 Å². The number of nitrogens with zero attached hydrogens (tertiary/aromatic N) is 3. The fraction of sp³-hybridized carbons (Fsp3) is 0.500. The van der Waals surface area contributed by atoms with E-state index in [1.54, 1.807) is 23.5 Å². The van der Waals surface area contributed by atoms with Crippen LogP contribution in [0.3, 0.4) is 0 Å². The first-order valence-electron chi connectivity index (χ1n) is 10.3. The second-order valence-electron chi connectivity index (χ2n) is 7.85. The Kier molecular flexibility index (Phi) is 7.81. The monoisotopic (exact) mass is 430 g/mol. The number of carbonyl (C=O) groups is 2. The van der Waals surface area contributed by atoms with E-state index < -0.39 is 6.04 Å². The minimum atomic E-state index is -0.551. The maximum absolute atomic E-state index is 13.1. The van der Waals surface area contributed by atoms with Crippen molar-refractivity contribution in [1.82, 2.24) is 20.1 Å². The lowest BCUT2D eigenvalue weighted by Gasteiger charge is -2.37. The molecule has 0 radical (unpaired) electrons. The third-order valence-corrected chi connectivity index (χ3v) is 5.92. The second-order valence-corrected chi connectivity index (χ2v) is 8.91. The zero-order valence-electron chi connectivity index (χ0n) is 17.8. The molecule has 1 atom stereocenters. The number of aromatic nitrogens is 1. The van der Waals surface area contributed by atoms with E-state index >= 15 is 0 Å². The van der Waals surface area contributed by atoms with Gasteiger partial charge in [0.2, 0.25) is 5.91 Å². The van der Waals surface area contributed by atoms with Gasteiger partial charge in [-0.2, -0.15) is 0 Å². The van der Waals surface area contributed by atoms with Crippen LogP contribution in [0.15, 0.2) is 35.7 Å². The average Bonchev–Trinajstić information content (AvgIpc) is 3.15. The number of nitrogens with one attached hydrogen (secondary N) is 1. The van der Waals surface area contributed by atoms with Crippen molar-refractivity contribution in [3.05, 3.63) is 46.4 Å². The third-order valence-electron chi connectivity index (χ3n) is 5.10. The van der Waals surface area contributed by atoms with Gasteiger partial charge in [-0.3, -0.25) is 14.5 Å². The highest BCUT2D eigenvalue weighted by atomic mass is 32.1. The molecule has 1 fully saturated rings. The molecule has 162 valence electrons. The topological polar surface area (TPSA) is 74.8 Å². The van der Waals surface area contributed by atoms with Gasteiger partial charge in [0.15, 0.2) is 6.61 Å². The van der Waals surface area contributed by atoms with Crippen LogP contribution in [-0.4, -0.2) is 65.4 Å². The highest BCUT2D eigenvalue weighted by Crippen LogP contribution is 2.14. The van der Waals surface area contributed by atoms with E-state index in [9.17, 15) is 9.59 Å². The standard InChI is InChI=1S/C22H30N4O3S/c1-16(2)21(24-20(27)14-29-19-7-5-4-6-8-19)22(28)26-11-9-25(10-12-26)13-18-15-30-17(3)23-18/h4-8,15-16,21H,9-14H2,1-3H3,(H,24,27). The number of ether oxygens (including phenoxy) is 1. The van der Waals surface area contributed by atoms with Gasteiger partial charge in [0.1, 0.15) is 11.8 Å². The molecule has 0 aliphatic carbocycles. The van der Waals surface area contributed by atoms with Gasteiger partial charge in [0.05, 0.1) is 10.7 Å². The second kappa shape index (κ2) is 10.5. The van der Waals surface area contributed by atoms with Crippen molar-refractivity contribution in [2.45, 2.75) is 33.4 Å². The van der Waals surface area contributed by atoms with Gasteiger partial charge in [-0.25, -0.2) is 4.98 Å². The molecule has 0 bridgehead atoms. The molecule has 8 heteroatoms. The van der Waals surface area contributed by atoms with Crippen LogP contribution < -0.4 is 10.1 Å². The summed E-state index contributed by atoms with van der Waals surface area (Å²) in [6, 6.07) is 8.63. The van der Waals surface area contributed by atoms with Gasteiger partial charge in [0.25, 0.3) is 5.91 Å². The molecule has 1 N–H and O–H groups in total. The summed E-state index contributed by atoms with van der Waals surface area (Å²) >= 11 is 1.66. The lowest BCUT2D eigenvalue weighted by molar-refractivity contribution is -0.139. The Bertz CT molecular complexity index is 832. The van der Waals surface area contributed by atoms with Crippen molar-refractivity contribution >= 4 is 23.2 Å². The van der Waals surface area contributed by atoms with Crippen LogP contribution in [-0.2, 0) is 16.1 Å². The summed E-state index contributed by atoms with van der Waals surface area (Å²) in [4.78, 5) is 34.1. The van der Waals surface area contributed by atoms with Crippen LogP contribution in [0.2, 0.25) is 0 Å². The Morgan fingerprint density at radius 1 is 1.17 bits per heavy atom.